The molecule has 0 spiro atoms. The minimum atomic E-state index is -0.0917. The van der Waals surface area contributed by atoms with E-state index in [0.29, 0.717) is 24.7 Å². The maximum atomic E-state index is 14.1. The fourth-order valence-corrected chi connectivity index (χ4v) is 6.39. The number of piperidine rings is 1. The van der Waals surface area contributed by atoms with E-state index >= 15 is 0 Å². The lowest BCUT2D eigenvalue weighted by Gasteiger charge is -2.31. The van der Waals surface area contributed by atoms with Crippen LogP contribution in [0.4, 0.5) is 11.6 Å². The molecule has 274 valence electrons. The van der Waals surface area contributed by atoms with Gasteiger partial charge in [0, 0.05) is 55.4 Å². The van der Waals surface area contributed by atoms with Crippen molar-refractivity contribution in [1.82, 2.24) is 24.7 Å². The number of allylic oxidation sites excluding steroid dienone is 4. The number of nitrogens with zero attached hydrogens (tertiary/aromatic N) is 5. The molecule has 5 rings (SSSR count). The van der Waals surface area contributed by atoms with Crippen LogP contribution in [0.25, 0.3) is 0 Å². The fraction of sp³-hybridized carbons (Fsp3) is 0.488. The largest absolute Gasteiger partial charge is 0.377 e. The third-order valence-electron chi connectivity index (χ3n) is 8.70. The molecule has 3 heterocycles. The molecule has 0 saturated carbocycles. The van der Waals surface area contributed by atoms with Gasteiger partial charge in [0.1, 0.15) is 5.69 Å². The second kappa shape index (κ2) is 20.8. The first kappa shape index (κ1) is 42.6. The van der Waals surface area contributed by atoms with Crippen LogP contribution in [0.15, 0.2) is 106 Å². The molecule has 3 aliphatic rings. The quantitative estimate of drug-likeness (QED) is 0.218. The summed E-state index contributed by atoms with van der Waals surface area (Å²) in [5.74, 6) is 0.709. The molecule has 0 radical (unpaired) electrons. The summed E-state index contributed by atoms with van der Waals surface area (Å²) >= 11 is 0. The summed E-state index contributed by atoms with van der Waals surface area (Å²) in [5, 5.41) is 7.02. The maximum Gasteiger partial charge on any atom is 0.278 e. The number of aromatic nitrogens is 2. The molecule has 1 aromatic heterocycles. The number of nitrogens with one attached hydrogen (secondary N) is 2. The Hall–Kier alpha value is -4.42. The molecule has 8 heteroatoms. The highest BCUT2D eigenvalue weighted by Gasteiger charge is 2.22. The smallest absolute Gasteiger partial charge is 0.278 e. The van der Waals surface area contributed by atoms with Gasteiger partial charge in [-0.3, -0.25) is 9.36 Å². The molecule has 1 aromatic carbocycles. The van der Waals surface area contributed by atoms with Gasteiger partial charge in [-0.15, -0.1) is 5.73 Å². The van der Waals surface area contributed by atoms with Crippen LogP contribution in [-0.2, 0) is 13.1 Å². The van der Waals surface area contributed by atoms with Gasteiger partial charge in [0.2, 0.25) is 5.95 Å². The summed E-state index contributed by atoms with van der Waals surface area (Å²) in [7, 11) is 4.18. The van der Waals surface area contributed by atoms with Gasteiger partial charge in [-0.05, 0) is 74.1 Å². The molecule has 1 atom stereocenters. The van der Waals surface area contributed by atoms with Crippen LogP contribution in [0.3, 0.4) is 0 Å². The van der Waals surface area contributed by atoms with E-state index in [2.05, 4.69) is 107 Å². The molecule has 0 unspecified atom stereocenters. The van der Waals surface area contributed by atoms with Crippen LogP contribution in [0.1, 0.15) is 84.1 Å². The zero-order valence-electron chi connectivity index (χ0n) is 28.8. The molecule has 2 aliphatic heterocycles. The van der Waals surface area contributed by atoms with Crippen molar-refractivity contribution in [2.45, 2.75) is 94.8 Å². The first-order chi connectivity index (χ1) is 22.4. The molecule has 0 bridgehead atoms. The van der Waals surface area contributed by atoms with Crippen LogP contribution in [0.5, 0.6) is 0 Å². The normalized spacial score (nSPS) is 15.6. The van der Waals surface area contributed by atoms with E-state index in [1.807, 2.05) is 26.8 Å². The lowest BCUT2D eigenvalue weighted by Crippen LogP contribution is -2.39. The Morgan fingerprint density at radius 1 is 1.12 bits per heavy atom. The maximum absolute atomic E-state index is 14.1. The minimum absolute atomic E-state index is 0. The average Bonchev–Trinajstić information content (AvgIpc) is 3.48. The van der Waals surface area contributed by atoms with E-state index in [-0.39, 0.29) is 36.7 Å². The summed E-state index contributed by atoms with van der Waals surface area (Å²) in [6.07, 6.45) is 14.8. The lowest BCUT2D eigenvalue weighted by molar-refractivity contribution is 0.389. The van der Waals surface area contributed by atoms with Gasteiger partial charge in [-0.2, -0.15) is 0 Å². The summed E-state index contributed by atoms with van der Waals surface area (Å²) in [4.78, 5) is 25.7. The number of likely N-dealkylation sites (N-methyl/N-ethyl adjacent to an activating group) is 2. The zero-order valence-corrected chi connectivity index (χ0v) is 28.8. The third kappa shape index (κ3) is 11.0. The van der Waals surface area contributed by atoms with E-state index in [4.69, 9.17) is 4.98 Å². The molecule has 1 aliphatic carbocycles. The van der Waals surface area contributed by atoms with Crippen molar-refractivity contribution in [3.05, 3.63) is 117 Å². The summed E-state index contributed by atoms with van der Waals surface area (Å²) in [5.41, 5.74) is 10.7. The number of benzene rings is 1. The van der Waals surface area contributed by atoms with E-state index < -0.39 is 0 Å². The van der Waals surface area contributed by atoms with Gasteiger partial charge in [0.25, 0.3) is 5.56 Å². The second-order valence-corrected chi connectivity index (χ2v) is 12.1. The molecule has 49 heavy (non-hydrogen) atoms. The van der Waals surface area contributed by atoms with Crippen molar-refractivity contribution >= 4 is 11.6 Å². The van der Waals surface area contributed by atoms with Gasteiger partial charge in [0.05, 0.1) is 24.5 Å². The Balaban J connectivity index is 0. The third-order valence-corrected chi connectivity index (χ3v) is 8.70. The monoisotopic (exact) mass is 676 g/mol. The van der Waals surface area contributed by atoms with Crippen LogP contribution < -0.4 is 21.1 Å². The molecule has 0 amide bonds. The first-order valence-corrected chi connectivity index (χ1v) is 16.8. The van der Waals surface area contributed by atoms with Crippen molar-refractivity contribution in [2.24, 2.45) is 0 Å². The van der Waals surface area contributed by atoms with Crippen molar-refractivity contribution < 1.29 is 2.85 Å². The summed E-state index contributed by atoms with van der Waals surface area (Å²) < 4.78 is 1.79. The van der Waals surface area contributed by atoms with Gasteiger partial charge in [-0.25, -0.2) is 4.98 Å². The van der Waals surface area contributed by atoms with E-state index in [1.165, 1.54) is 28.7 Å². The van der Waals surface area contributed by atoms with Gasteiger partial charge >= 0.3 is 0 Å². The molecule has 2 N–H and O–H groups in total. The Kier molecular flexibility index (Phi) is 18.1. The molecule has 1 fully saturated rings. The van der Waals surface area contributed by atoms with E-state index in [0.717, 1.165) is 56.8 Å². The number of hydrogen-bond donors (Lipinski definition) is 2. The predicted molar refractivity (Wildman–Crippen MR) is 217 cm³/mol. The van der Waals surface area contributed by atoms with Crippen molar-refractivity contribution in [1.29, 1.82) is 0 Å². The van der Waals surface area contributed by atoms with Crippen LogP contribution in [0, 0.1) is 0 Å². The molecule has 8 nitrogen and oxygen atoms in total. The van der Waals surface area contributed by atoms with Crippen LogP contribution in [-0.4, -0.2) is 65.7 Å². The Morgan fingerprint density at radius 3 is 2.47 bits per heavy atom. The topological polar surface area (TPSA) is 68.7 Å². The van der Waals surface area contributed by atoms with Crippen LogP contribution >= 0.6 is 0 Å². The second-order valence-electron chi connectivity index (χ2n) is 12.1. The average molecular weight is 676 g/mol. The number of rotatable bonds is 12. The molecule has 2 aromatic rings. The van der Waals surface area contributed by atoms with Crippen molar-refractivity contribution in [2.75, 3.05) is 50.5 Å². The standard InChI is InChI=1S/C36H47N7O.C2H6.3CH4.2H2/c1-6-32(37-22-29-20-30-16-19-40(4)25-31(30)21-29)26-43-35(44)33(23-38-36(43)42-17-12-9-13-18-42)39-27(3)34(7-2)41(5)24-28-14-10-8-11-15-28;1-2;;;;;/h7-8,10-11,14-16,19,21,23,27,37,39H,1,9,12-13,17-18,20,22,24-26H2,2-5H3;1-2H3;3*1H4;2*1H/b34-7-;;;;;;/t27-;;;;;;/m1....../s1. The molecule has 1 saturated heterocycles. The predicted octanol–water partition coefficient (Wildman–Crippen LogP) is 8.84. The summed E-state index contributed by atoms with van der Waals surface area (Å²) in [6.45, 7) is 16.6. The highest BCUT2D eigenvalue weighted by Crippen LogP contribution is 2.29. The Bertz CT molecular complexity index is 1570. The van der Waals surface area contributed by atoms with Gasteiger partial charge < -0.3 is 25.3 Å². The molecular formula is C41H69N7O. The van der Waals surface area contributed by atoms with Crippen molar-refractivity contribution in [3.63, 3.8) is 0 Å². The van der Waals surface area contributed by atoms with Gasteiger partial charge in [0.15, 0.2) is 0 Å². The van der Waals surface area contributed by atoms with Crippen molar-refractivity contribution in [3.8, 4) is 0 Å². The minimum Gasteiger partial charge on any atom is -0.377 e. The highest BCUT2D eigenvalue weighted by molar-refractivity contribution is 5.48. The highest BCUT2D eigenvalue weighted by atomic mass is 16.1. The molecular weight excluding hydrogens is 606 g/mol. The Morgan fingerprint density at radius 2 is 1.82 bits per heavy atom. The zero-order chi connectivity index (χ0) is 33.1. The first-order valence-electron chi connectivity index (χ1n) is 16.8. The summed E-state index contributed by atoms with van der Waals surface area (Å²) in [6, 6.07) is 10.3. The fourth-order valence-electron chi connectivity index (χ4n) is 6.39. The Labute approximate surface area is 301 Å². The lowest BCUT2D eigenvalue weighted by atomic mass is 10.1. The van der Waals surface area contributed by atoms with Crippen LogP contribution in [0.2, 0.25) is 0 Å². The van der Waals surface area contributed by atoms with E-state index in [9.17, 15) is 4.79 Å². The number of hydrogen-bond acceptors (Lipinski definition) is 7. The van der Waals surface area contributed by atoms with E-state index in [1.54, 1.807) is 10.8 Å². The number of anilines is 2. The SMILES string of the molecule is C.C.C.C=C=C(Cn1c(N2CCCCC2)ncc(N[C@H](C)/C(=C/C)N(C)Cc2ccccc2)c1=O)NCC1=CC2=C(C=CN(C)C2)C1.CC.[HH].[HH]. The van der Waals surface area contributed by atoms with Gasteiger partial charge in [-0.1, -0.05) is 85.2 Å².